The SMILES string of the molecule is C[C@@H]1CN(C(=S)COC2CCC(Nc3ccc([N+](=O)[O-])c(C(F)(F)F)c3)CC2)[C@@H](C)CN1c1ccc(C(F)(F)F)cc1. The van der Waals surface area contributed by atoms with Gasteiger partial charge in [-0.05, 0) is 75.9 Å². The second kappa shape index (κ2) is 12.6. The summed E-state index contributed by atoms with van der Waals surface area (Å²) < 4.78 is 84.8. The van der Waals surface area contributed by atoms with Crippen molar-refractivity contribution in [2.45, 2.75) is 76.1 Å². The minimum atomic E-state index is -4.84. The first-order valence-electron chi connectivity index (χ1n) is 13.6. The van der Waals surface area contributed by atoms with Crippen LogP contribution in [0, 0.1) is 10.1 Å². The highest BCUT2D eigenvalue weighted by molar-refractivity contribution is 7.80. The number of anilines is 2. The summed E-state index contributed by atoms with van der Waals surface area (Å²) in [7, 11) is 0. The number of hydrogen-bond acceptors (Lipinski definition) is 6. The molecule has 42 heavy (non-hydrogen) atoms. The molecule has 1 saturated heterocycles. The van der Waals surface area contributed by atoms with Gasteiger partial charge in [-0.2, -0.15) is 26.3 Å². The summed E-state index contributed by atoms with van der Waals surface area (Å²) in [5.41, 5.74) is -2.05. The molecule has 0 bridgehead atoms. The number of nitrogens with zero attached hydrogens (tertiary/aromatic N) is 3. The van der Waals surface area contributed by atoms with Crippen molar-refractivity contribution in [1.29, 1.82) is 0 Å². The molecule has 2 aromatic carbocycles. The average Bonchev–Trinajstić information content (AvgIpc) is 2.92. The summed E-state index contributed by atoms with van der Waals surface area (Å²) >= 11 is 5.67. The van der Waals surface area contributed by atoms with Crippen molar-refractivity contribution in [3.63, 3.8) is 0 Å². The topological polar surface area (TPSA) is 70.9 Å². The van der Waals surface area contributed by atoms with Crippen molar-refractivity contribution in [2.24, 2.45) is 0 Å². The smallest absolute Gasteiger partial charge is 0.382 e. The van der Waals surface area contributed by atoms with Gasteiger partial charge in [0, 0.05) is 48.7 Å². The third-order valence-corrected chi connectivity index (χ3v) is 8.17. The van der Waals surface area contributed by atoms with Crippen molar-refractivity contribution in [3.8, 4) is 0 Å². The maximum atomic E-state index is 13.3. The molecule has 1 aliphatic heterocycles. The Morgan fingerprint density at radius 1 is 0.976 bits per heavy atom. The third kappa shape index (κ3) is 7.63. The minimum Gasteiger partial charge on any atom is -0.382 e. The lowest BCUT2D eigenvalue weighted by atomic mass is 9.92. The maximum Gasteiger partial charge on any atom is 0.423 e. The van der Waals surface area contributed by atoms with Crippen molar-refractivity contribution >= 4 is 34.3 Å². The first-order chi connectivity index (χ1) is 19.6. The molecule has 7 nitrogen and oxygen atoms in total. The third-order valence-electron chi connectivity index (χ3n) is 7.82. The van der Waals surface area contributed by atoms with Crippen LogP contribution in [0.5, 0.6) is 0 Å². The highest BCUT2D eigenvalue weighted by Gasteiger charge is 2.39. The van der Waals surface area contributed by atoms with E-state index in [-0.39, 0.29) is 36.5 Å². The van der Waals surface area contributed by atoms with Gasteiger partial charge in [0.2, 0.25) is 0 Å². The number of halogens is 6. The fourth-order valence-electron chi connectivity index (χ4n) is 5.57. The van der Waals surface area contributed by atoms with Gasteiger partial charge < -0.3 is 19.9 Å². The number of rotatable bonds is 7. The van der Waals surface area contributed by atoms with Gasteiger partial charge in [0.15, 0.2) is 0 Å². The molecule has 1 N–H and O–H groups in total. The van der Waals surface area contributed by atoms with Gasteiger partial charge in [-0.25, -0.2) is 0 Å². The van der Waals surface area contributed by atoms with Gasteiger partial charge in [-0.15, -0.1) is 0 Å². The van der Waals surface area contributed by atoms with E-state index in [1.807, 2.05) is 13.8 Å². The zero-order valence-corrected chi connectivity index (χ0v) is 23.9. The summed E-state index contributed by atoms with van der Waals surface area (Å²) in [5, 5.41) is 14.0. The predicted octanol–water partition coefficient (Wildman–Crippen LogP) is 7.30. The Kier molecular flexibility index (Phi) is 9.55. The fraction of sp³-hybridized carbons (Fsp3) is 0.536. The molecule has 1 heterocycles. The Balaban J connectivity index is 1.25. The van der Waals surface area contributed by atoms with E-state index in [0.29, 0.717) is 43.8 Å². The number of piperazine rings is 1. The number of ether oxygens (including phenoxy) is 1. The Hall–Kier alpha value is -3.13. The van der Waals surface area contributed by atoms with Crippen LogP contribution in [0.15, 0.2) is 42.5 Å². The largest absolute Gasteiger partial charge is 0.423 e. The molecule has 230 valence electrons. The first kappa shape index (κ1) is 31.8. The summed E-state index contributed by atoms with van der Waals surface area (Å²) in [4.78, 5) is 14.7. The number of thiocarbonyl (C=S) groups is 1. The minimum absolute atomic E-state index is 0.00897. The van der Waals surface area contributed by atoms with Crippen molar-refractivity contribution < 1.29 is 36.0 Å². The Labute approximate surface area is 245 Å². The molecule has 4 rings (SSSR count). The number of nitro groups is 1. The standard InChI is InChI=1S/C28H32F6N4O3S/c1-17-15-37(18(2)14-36(17)22-8-3-19(4-9-22)27(29,30)31)26(42)16-41-23-10-5-20(6-11-23)35-21-7-12-25(38(39)40)24(13-21)28(32,33)34/h3-4,7-9,12-13,17-18,20,23,35H,5-6,10-11,14-16H2,1-2H3/t17-,18+,20?,23?/m1/s1. The predicted molar refractivity (Wildman–Crippen MR) is 151 cm³/mol. The second-order valence-corrected chi connectivity index (χ2v) is 11.3. The van der Waals surface area contributed by atoms with Gasteiger partial charge in [-0.1, -0.05) is 12.2 Å². The normalized spacial score (nSPS) is 23.5. The van der Waals surface area contributed by atoms with Crippen LogP contribution >= 0.6 is 12.2 Å². The molecule has 14 heteroatoms. The quantitative estimate of drug-likeness (QED) is 0.151. The molecule has 0 unspecified atom stereocenters. The van der Waals surface area contributed by atoms with E-state index in [0.717, 1.165) is 30.0 Å². The van der Waals surface area contributed by atoms with E-state index in [4.69, 9.17) is 17.0 Å². The van der Waals surface area contributed by atoms with E-state index in [9.17, 15) is 36.5 Å². The molecule has 2 aromatic rings. The lowest BCUT2D eigenvalue weighted by Crippen LogP contribution is -2.58. The lowest BCUT2D eigenvalue weighted by Gasteiger charge is -2.46. The molecule has 1 saturated carbocycles. The second-order valence-electron chi connectivity index (χ2n) is 10.9. The molecule has 2 fully saturated rings. The van der Waals surface area contributed by atoms with Crippen LogP contribution in [0.3, 0.4) is 0 Å². The molecule has 0 amide bonds. The molecule has 0 spiro atoms. The van der Waals surface area contributed by atoms with Crippen molar-refractivity contribution in [1.82, 2.24) is 4.90 Å². The molecule has 0 radical (unpaired) electrons. The summed E-state index contributed by atoms with van der Waals surface area (Å²) in [5.74, 6) is 0. The molecule has 1 aliphatic carbocycles. The van der Waals surface area contributed by atoms with Gasteiger partial charge >= 0.3 is 12.4 Å². The zero-order valence-electron chi connectivity index (χ0n) is 23.0. The molecule has 2 aliphatic rings. The summed E-state index contributed by atoms with van der Waals surface area (Å²) in [6.07, 6.45) is -6.64. The number of alkyl halides is 6. The highest BCUT2D eigenvalue weighted by Crippen LogP contribution is 2.38. The lowest BCUT2D eigenvalue weighted by molar-refractivity contribution is -0.388. The van der Waals surface area contributed by atoms with Crippen LogP contribution in [-0.2, 0) is 17.1 Å². The van der Waals surface area contributed by atoms with E-state index in [1.54, 1.807) is 0 Å². The molecule has 0 aromatic heterocycles. The van der Waals surface area contributed by atoms with Crippen molar-refractivity contribution in [2.75, 3.05) is 29.9 Å². The van der Waals surface area contributed by atoms with E-state index >= 15 is 0 Å². The first-order valence-corrected chi connectivity index (χ1v) is 14.0. The number of hydrogen-bond donors (Lipinski definition) is 1. The maximum absolute atomic E-state index is 13.3. The number of nitrogens with one attached hydrogen (secondary N) is 1. The monoisotopic (exact) mass is 618 g/mol. The van der Waals surface area contributed by atoms with Gasteiger partial charge in [0.25, 0.3) is 5.69 Å². The van der Waals surface area contributed by atoms with Gasteiger partial charge in [0.1, 0.15) is 10.6 Å². The van der Waals surface area contributed by atoms with Crippen LogP contribution in [0.2, 0.25) is 0 Å². The van der Waals surface area contributed by atoms with Crippen LogP contribution in [0.25, 0.3) is 0 Å². The highest BCUT2D eigenvalue weighted by atomic mass is 32.1. The average molecular weight is 619 g/mol. The summed E-state index contributed by atoms with van der Waals surface area (Å²) in [6.45, 7) is 5.43. The van der Waals surface area contributed by atoms with Gasteiger partial charge in [-0.3, -0.25) is 10.1 Å². The van der Waals surface area contributed by atoms with Crippen molar-refractivity contribution in [3.05, 3.63) is 63.7 Å². The molecular weight excluding hydrogens is 586 g/mol. The molecule has 2 atom stereocenters. The van der Waals surface area contributed by atoms with E-state index in [2.05, 4.69) is 15.1 Å². The van der Waals surface area contributed by atoms with Crippen LogP contribution in [-0.4, -0.2) is 58.7 Å². The number of benzene rings is 2. The summed E-state index contributed by atoms with van der Waals surface area (Å²) in [6, 6.07) is 8.02. The Bertz CT molecular complexity index is 1270. The van der Waals surface area contributed by atoms with E-state index < -0.39 is 34.1 Å². The Morgan fingerprint density at radius 3 is 2.19 bits per heavy atom. The number of nitro benzene ring substituents is 1. The van der Waals surface area contributed by atoms with Crippen LogP contribution in [0.4, 0.5) is 43.4 Å². The zero-order chi connectivity index (χ0) is 30.8. The van der Waals surface area contributed by atoms with Crippen LogP contribution in [0.1, 0.15) is 50.7 Å². The van der Waals surface area contributed by atoms with Gasteiger partial charge in [0.05, 0.1) is 23.2 Å². The molecular formula is C28H32F6N4O3S. The fourth-order valence-corrected chi connectivity index (χ4v) is 5.89. The van der Waals surface area contributed by atoms with Crippen LogP contribution < -0.4 is 10.2 Å². The Morgan fingerprint density at radius 2 is 1.62 bits per heavy atom. The van der Waals surface area contributed by atoms with E-state index in [1.165, 1.54) is 18.2 Å².